The van der Waals surface area contributed by atoms with E-state index >= 15 is 0 Å². The van der Waals surface area contributed by atoms with Crippen molar-refractivity contribution in [1.82, 2.24) is 4.98 Å². The highest BCUT2D eigenvalue weighted by atomic mass is 79.9. The first-order valence-corrected chi connectivity index (χ1v) is 5.25. The van der Waals surface area contributed by atoms with Crippen LogP contribution in [-0.4, -0.2) is 17.3 Å². The molecular weight excluding hydrogens is 276 g/mol. The largest absolute Gasteiger partial charge is 0.495 e. The number of nitrogens with one attached hydrogen (secondary N) is 2. The van der Waals surface area contributed by atoms with Crippen LogP contribution in [0.25, 0.3) is 10.9 Å². The van der Waals surface area contributed by atoms with Gasteiger partial charge in [-0.15, -0.1) is 0 Å². The fourth-order valence-corrected chi connectivity index (χ4v) is 1.97. The minimum absolute atomic E-state index is 0.101. The van der Waals surface area contributed by atoms with E-state index in [1.807, 2.05) is 5.48 Å². The van der Waals surface area contributed by atoms with Crippen LogP contribution in [0.4, 0.5) is 5.69 Å². The smallest absolute Gasteiger partial charge is 0.214 e. The van der Waals surface area contributed by atoms with Gasteiger partial charge in [-0.1, -0.05) is 0 Å². The highest BCUT2D eigenvalue weighted by molar-refractivity contribution is 9.10. The van der Waals surface area contributed by atoms with E-state index < -0.39 is 0 Å². The topological polar surface area (TPSA) is 74.3 Å². The molecule has 0 aliphatic carbocycles. The molecule has 2 aromatic rings. The maximum Gasteiger partial charge on any atom is 0.214 e. The highest BCUT2D eigenvalue weighted by Crippen LogP contribution is 2.28. The number of pyridine rings is 1. The fourth-order valence-electron chi connectivity index (χ4n) is 1.46. The molecule has 0 fully saturated rings. The van der Waals surface area contributed by atoms with Crippen molar-refractivity contribution >= 4 is 32.5 Å². The molecule has 0 atom stereocenters. The lowest BCUT2D eigenvalue weighted by atomic mass is 10.2. The number of rotatable bonds is 2. The third-order valence-electron chi connectivity index (χ3n) is 2.27. The molecule has 0 radical (unpaired) electrons. The maximum absolute atomic E-state index is 11.8. The molecule has 0 saturated carbocycles. The molecule has 0 amide bonds. The number of hydrogen-bond donors (Lipinski definition) is 3. The molecule has 0 bridgehead atoms. The molecule has 5 nitrogen and oxygen atoms in total. The third kappa shape index (κ3) is 1.66. The second-order valence-electron chi connectivity index (χ2n) is 3.18. The van der Waals surface area contributed by atoms with Crippen LogP contribution < -0.4 is 15.6 Å². The first kappa shape index (κ1) is 11.0. The zero-order valence-electron chi connectivity index (χ0n) is 8.37. The summed E-state index contributed by atoms with van der Waals surface area (Å²) in [7, 11) is 1.55. The van der Waals surface area contributed by atoms with Crippen molar-refractivity contribution in [2.75, 3.05) is 12.6 Å². The Bertz CT molecular complexity index is 594. The zero-order chi connectivity index (χ0) is 11.7. The van der Waals surface area contributed by atoms with Gasteiger partial charge in [0, 0.05) is 17.6 Å². The highest BCUT2D eigenvalue weighted by Gasteiger charge is 2.08. The molecule has 16 heavy (non-hydrogen) atoms. The molecule has 0 aliphatic rings. The minimum Gasteiger partial charge on any atom is -0.495 e. The van der Waals surface area contributed by atoms with Crippen LogP contribution in [0.3, 0.4) is 0 Å². The first-order chi connectivity index (χ1) is 7.67. The summed E-state index contributed by atoms with van der Waals surface area (Å²) in [5.74, 6) is 0.632. The van der Waals surface area contributed by atoms with E-state index in [1.54, 1.807) is 19.2 Å². The summed E-state index contributed by atoms with van der Waals surface area (Å²) in [4.78, 5) is 14.7. The average molecular weight is 285 g/mol. The average Bonchev–Trinajstić information content (AvgIpc) is 2.30. The second-order valence-corrected chi connectivity index (χ2v) is 4.03. The number of fused-ring (bicyclic) bond motifs is 1. The van der Waals surface area contributed by atoms with Crippen LogP contribution in [0.15, 0.2) is 27.6 Å². The molecule has 1 aromatic carbocycles. The van der Waals surface area contributed by atoms with Gasteiger partial charge in [-0.2, -0.15) is 0 Å². The summed E-state index contributed by atoms with van der Waals surface area (Å²) < 4.78 is 5.80. The normalized spacial score (nSPS) is 10.4. The Hall–Kier alpha value is -1.53. The van der Waals surface area contributed by atoms with E-state index in [4.69, 9.17) is 9.94 Å². The molecule has 1 heterocycles. The van der Waals surface area contributed by atoms with Gasteiger partial charge < -0.3 is 9.72 Å². The van der Waals surface area contributed by atoms with Gasteiger partial charge in [0.2, 0.25) is 5.43 Å². The molecule has 84 valence electrons. The van der Waals surface area contributed by atoms with E-state index in [0.29, 0.717) is 21.1 Å². The van der Waals surface area contributed by atoms with Crippen LogP contribution in [0.5, 0.6) is 5.75 Å². The summed E-state index contributed by atoms with van der Waals surface area (Å²) in [6.07, 6.45) is 1.40. The Morgan fingerprint density at radius 1 is 1.50 bits per heavy atom. The van der Waals surface area contributed by atoms with E-state index in [9.17, 15) is 4.79 Å². The molecule has 2 rings (SSSR count). The number of hydrogen-bond acceptors (Lipinski definition) is 4. The van der Waals surface area contributed by atoms with Gasteiger partial charge >= 0.3 is 0 Å². The zero-order valence-corrected chi connectivity index (χ0v) is 9.96. The molecule has 0 unspecified atom stereocenters. The second kappa shape index (κ2) is 4.15. The van der Waals surface area contributed by atoms with Gasteiger partial charge in [0.15, 0.2) is 0 Å². The molecule has 0 spiro atoms. The van der Waals surface area contributed by atoms with Gasteiger partial charge in [0.05, 0.1) is 17.1 Å². The number of methoxy groups -OCH3 is 1. The van der Waals surface area contributed by atoms with Crippen LogP contribution in [0, 0.1) is 0 Å². The Labute approximate surface area is 99.1 Å². The van der Waals surface area contributed by atoms with Crippen LogP contribution in [-0.2, 0) is 0 Å². The SMILES string of the molecule is COc1cc2[nH]cc(NO)c(=O)c2cc1Br. The Balaban J connectivity index is 2.81. The number of benzene rings is 1. The number of H-pyrrole nitrogens is 1. The lowest BCUT2D eigenvalue weighted by molar-refractivity contribution is 0.388. The van der Waals surface area contributed by atoms with Crippen molar-refractivity contribution in [2.45, 2.75) is 0 Å². The van der Waals surface area contributed by atoms with Crippen molar-refractivity contribution in [3.05, 3.63) is 33.0 Å². The number of anilines is 1. The summed E-state index contributed by atoms with van der Waals surface area (Å²) >= 11 is 3.30. The minimum atomic E-state index is -0.278. The molecule has 6 heteroatoms. The quantitative estimate of drug-likeness (QED) is 0.739. The van der Waals surface area contributed by atoms with Crippen LogP contribution in [0.1, 0.15) is 0 Å². The standard InChI is InChI=1S/C10H9BrN2O3/c1-16-9-3-7-5(2-6(9)11)10(14)8(13-15)4-12-7/h2-4,13,15H,1H3,(H,12,14). The van der Waals surface area contributed by atoms with Gasteiger partial charge in [-0.05, 0) is 22.0 Å². The van der Waals surface area contributed by atoms with Crippen molar-refractivity contribution in [1.29, 1.82) is 0 Å². The maximum atomic E-state index is 11.8. The fraction of sp³-hybridized carbons (Fsp3) is 0.100. The summed E-state index contributed by atoms with van der Waals surface area (Å²) in [6.45, 7) is 0. The molecular formula is C10H9BrN2O3. The van der Waals surface area contributed by atoms with Crippen molar-refractivity contribution < 1.29 is 9.94 Å². The van der Waals surface area contributed by atoms with E-state index in [1.165, 1.54) is 6.20 Å². The Morgan fingerprint density at radius 2 is 2.25 bits per heavy atom. The third-order valence-corrected chi connectivity index (χ3v) is 2.89. The summed E-state index contributed by atoms with van der Waals surface area (Å²) in [6, 6.07) is 3.36. The van der Waals surface area contributed by atoms with Gasteiger partial charge in [0.25, 0.3) is 0 Å². The predicted molar refractivity (Wildman–Crippen MR) is 64.2 cm³/mol. The van der Waals surface area contributed by atoms with Gasteiger partial charge in [0.1, 0.15) is 11.4 Å². The molecule has 1 aromatic heterocycles. The monoisotopic (exact) mass is 284 g/mol. The Kier molecular flexibility index (Phi) is 2.84. The van der Waals surface area contributed by atoms with Crippen molar-refractivity contribution in [3.8, 4) is 5.75 Å². The van der Waals surface area contributed by atoms with Crippen molar-refractivity contribution in [2.24, 2.45) is 0 Å². The van der Waals surface area contributed by atoms with E-state index in [2.05, 4.69) is 20.9 Å². The molecule has 0 saturated heterocycles. The van der Waals surface area contributed by atoms with Gasteiger partial charge in [-0.3, -0.25) is 15.5 Å². The molecule has 0 aliphatic heterocycles. The van der Waals surface area contributed by atoms with Crippen LogP contribution in [0.2, 0.25) is 0 Å². The van der Waals surface area contributed by atoms with Crippen LogP contribution >= 0.6 is 15.9 Å². The summed E-state index contributed by atoms with van der Waals surface area (Å²) in [5, 5.41) is 9.21. The Morgan fingerprint density at radius 3 is 2.88 bits per heavy atom. The number of aromatic amines is 1. The lowest BCUT2D eigenvalue weighted by Crippen LogP contribution is -2.09. The van der Waals surface area contributed by atoms with Gasteiger partial charge in [-0.25, -0.2) is 0 Å². The lowest BCUT2D eigenvalue weighted by Gasteiger charge is -2.06. The number of aromatic nitrogens is 1. The number of halogens is 1. The first-order valence-electron chi connectivity index (χ1n) is 4.46. The molecule has 3 N–H and O–H groups in total. The predicted octanol–water partition coefficient (Wildman–Crippen LogP) is 2.10. The summed E-state index contributed by atoms with van der Waals surface area (Å²) in [5.41, 5.74) is 2.31. The number of ether oxygens (including phenoxy) is 1. The van der Waals surface area contributed by atoms with E-state index in [-0.39, 0.29) is 11.1 Å². The van der Waals surface area contributed by atoms with Crippen molar-refractivity contribution in [3.63, 3.8) is 0 Å². The van der Waals surface area contributed by atoms with E-state index in [0.717, 1.165) is 0 Å².